The lowest BCUT2D eigenvalue weighted by Gasteiger charge is -2.02. The van der Waals surface area contributed by atoms with Gasteiger partial charge in [0.25, 0.3) is 10.0 Å². The molecule has 0 spiro atoms. The van der Waals surface area contributed by atoms with Crippen molar-refractivity contribution in [2.45, 2.75) is 32.2 Å². The molecule has 2 N–H and O–H groups in total. The van der Waals surface area contributed by atoms with Gasteiger partial charge in [0.1, 0.15) is 10.7 Å². The number of thiazole rings is 1. The molecule has 0 aliphatic carbocycles. The Labute approximate surface area is 136 Å². The average Bonchev–Trinajstić information content (AvgIpc) is 2.90. The third-order valence-corrected chi connectivity index (χ3v) is 6.11. The molecule has 2 aromatic rings. The van der Waals surface area contributed by atoms with E-state index < -0.39 is 10.0 Å². The fourth-order valence-electron chi connectivity index (χ4n) is 1.60. The largest absolute Gasteiger partial charge is 0.451 e. The van der Waals surface area contributed by atoms with Crippen LogP contribution in [0.5, 0.6) is 0 Å². The second kappa shape index (κ2) is 6.47. The molecule has 0 aromatic carbocycles. The fourth-order valence-corrected chi connectivity index (χ4v) is 4.65. The summed E-state index contributed by atoms with van der Waals surface area (Å²) < 4.78 is 32.8. The van der Waals surface area contributed by atoms with E-state index in [4.69, 9.17) is 4.42 Å². The van der Waals surface area contributed by atoms with Gasteiger partial charge in [0.15, 0.2) is 9.80 Å². The van der Waals surface area contributed by atoms with Gasteiger partial charge in [-0.15, -0.1) is 11.3 Å². The van der Waals surface area contributed by atoms with E-state index in [0.29, 0.717) is 17.4 Å². The minimum Gasteiger partial charge on any atom is -0.451 e. The van der Waals surface area contributed by atoms with Crippen LogP contribution in [0, 0.1) is 13.8 Å². The highest BCUT2D eigenvalue weighted by molar-refractivity contribution is 9.10. The molecule has 0 bridgehead atoms. The topological polar surface area (TPSA) is 84.2 Å². The molecular weight excluding hydrogens is 378 g/mol. The van der Waals surface area contributed by atoms with Gasteiger partial charge in [0.05, 0.1) is 12.2 Å². The summed E-state index contributed by atoms with van der Waals surface area (Å²) in [4.78, 5) is 5.23. The van der Waals surface area contributed by atoms with Gasteiger partial charge in [-0.25, -0.2) is 13.4 Å². The number of aromatic nitrogens is 1. The van der Waals surface area contributed by atoms with Crippen molar-refractivity contribution in [1.82, 2.24) is 10.3 Å². The van der Waals surface area contributed by atoms with Crippen molar-refractivity contribution in [2.75, 3.05) is 11.3 Å². The lowest BCUT2D eigenvalue weighted by Crippen LogP contribution is -2.13. The van der Waals surface area contributed by atoms with E-state index in [1.54, 1.807) is 0 Å². The van der Waals surface area contributed by atoms with Crippen molar-refractivity contribution < 1.29 is 12.8 Å². The second-order valence-electron chi connectivity index (χ2n) is 4.40. The number of anilines is 1. The number of furan rings is 1. The summed E-state index contributed by atoms with van der Waals surface area (Å²) in [6.45, 7) is 6.94. The molecule has 2 aromatic heterocycles. The quantitative estimate of drug-likeness (QED) is 0.787. The van der Waals surface area contributed by atoms with Crippen molar-refractivity contribution in [1.29, 1.82) is 0 Å². The predicted molar refractivity (Wildman–Crippen MR) is 86.2 cm³/mol. The van der Waals surface area contributed by atoms with Gasteiger partial charge in [-0.2, -0.15) is 0 Å². The Morgan fingerprint density at radius 1 is 1.43 bits per heavy atom. The molecule has 6 nitrogen and oxygen atoms in total. The molecule has 0 radical (unpaired) electrons. The molecule has 0 saturated heterocycles. The van der Waals surface area contributed by atoms with Gasteiger partial charge in [0, 0.05) is 10.9 Å². The highest BCUT2D eigenvalue weighted by Crippen LogP contribution is 2.29. The van der Waals surface area contributed by atoms with Crippen LogP contribution in [-0.4, -0.2) is 19.9 Å². The van der Waals surface area contributed by atoms with E-state index in [0.717, 1.165) is 17.1 Å². The van der Waals surface area contributed by atoms with Crippen molar-refractivity contribution in [3.8, 4) is 0 Å². The molecule has 0 aliphatic heterocycles. The summed E-state index contributed by atoms with van der Waals surface area (Å²) in [6, 6.07) is 1.50. The second-order valence-corrected chi connectivity index (χ2v) is 7.97. The van der Waals surface area contributed by atoms with E-state index in [-0.39, 0.29) is 9.56 Å². The zero-order valence-corrected chi connectivity index (χ0v) is 15.1. The Hall–Kier alpha value is -0.900. The highest BCUT2D eigenvalue weighted by Gasteiger charge is 2.23. The molecule has 0 amide bonds. The minimum atomic E-state index is -3.72. The van der Waals surface area contributed by atoms with Crippen LogP contribution in [0.25, 0.3) is 0 Å². The van der Waals surface area contributed by atoms with Crippen LogP contribution in [0.3, 0.4) is 0 Å². The monoisotopic (exact) mass is 393 g/mol. The van der Waals surface area contributed by atoms with E-state index in [1.165, 1.54) is 17.4 Å². The van der Waals surface area contributed by atoms with Gasteiger partial charge < -0.3 is 9.73 Å². The standard InChI is InChI=1S/C12H16BrN3O3S2/c1-4-14-6-9-5-10(11(13)19-9)21(17,18)16-12-15-7(2)8(3)20-12/h5,14H,4,6H2,1-3H3,(H,15,16). The van der Waals surface area contributed by atoms with E-state index >= 15 is 0 Å². The van der Waals surface area contributed by atoms with E-state index in [1.807, 2.05) is 20.8 Å². The summed E-state index contributed by atoms with van der Waals surface area (Å²) in [5, 5.41) is 3.43. The van der Waals surface area contributed by atoms with Crippen molar-refractivity contribution in [2.24, 2.45) is 0 Å². The molecule has 0 unspecified atom stereocenters. The summed E-state index contributed by atoms with van der Waals surface area (Å²) in [5.74, 6) is 0.551. The van der Waals surface area contributed by atoms with Crippen molar-refractivity contribution in [3.63, 3.8) is 0 Å². The maximum absolute atomic E-state index is 12.4. The molecule has 0 saturated carbocycles. The van der Waals surface area contributed by atoms with Crippen LogP contribution in [0.4, 0.5) is 5.13 Å². The molecule has 0 atom stereocenters. The minimum absolute atomic E-state index is 0.0703. The number of rotatable bonds is 6. The normalized spacial score (nSPS) is 11.8. The first-order valence-electron chi connectivity index (χ1n) is 6.29. The summed E-state index contributed by atoms with van der Waals surface area (Å²) in [6.07, 6.45) is 0. The number of hydrogen-bond donors (Lipinski definition) is 2. The smallest absolute Gasteiger partial charge is 0.268 e. The zero-order valence-electron chi connectivity index (χ0n) is 11.9. The molecule has 9 heteroatoms. The van der Waals surface area contributed by atoms with E-state index in [9.17, 15) is 8.42 Å². The highest BCUT2D eigenvalue weighted by atomic mass is 79.9. The van der Waals surface area contributed by atoms with E-state index in [2.05, 4.69) is 31.0 Å². The van der Waals surface area contributed by atoms with Crippen LogP contribution >= 0.6 is 27.3 Å². The Kier molecular flexibility index (Phi) is 5.07. The molecular formula is C12H16BrN3O3S2. The van der Waals surface area contributed by atoms with Crippen molar-refractivity contribution in [3.05, 3.63) is 27.1 Å². The number of nitrogens with one attached hydrogen (secondary N) is 2. The molecule has 2 rings (SSSR count). The first kappa shape index (κ1) is 16.5. The summed E-state index contributed by atoms with van der Waals surface area (Å²) in [7, 11) is -3.72. The van der Waals surface area contributed by atoms with Crippen LogP contribution in [-0.2, 0) is 16.6 Å². The van der Waals surface area contributed by atoms with Gasteiger partial charge >= 0.3 is 0 Å². The average molecular weight is 394 g/mol. The van der Waals surface area contributed by atoms with Gasteiger partial charge in [0.2, 0.25) is 0 Å². The van der Waals surface area contributed by atoms with Crippen molar-refractivity contribution >= 4 is 42.4 Å². The molecule has 0 aliphatic rings. The van der Waals surface area contributed by atoms with Crippen LogP contribution < -0.4 is 10.0 Å². The predicted octanol–water partition coefficient (Wildman–Crippen LogP) is 3.03. The zero-order chi connectivity index (χ0) is 15.6. The lowest BCUT2D eigenvalue weighted by molar-refractivity contribution is 0.464. The van der Waals surface area contributed by atoms with Gasteiger partial charge in [-0.3, -0.25) is 4.72 Å². The Morgan fingerprint density at radius 2 is 2.14 bits per heavy atom. The Balaban J connectivity index is 2.24. The molecule has 0 fully saturated rings. The first-order chi connectivity index (χ1) is 9.83. The van der Waals surface area contributed by atoms with Crippen LogP contribution in [0.1, 0.15) is 23.3 Å². The Morgan fingerprint density at radius 3 is 2.71 bits per heavy atom. The third kappa shape index (κ3) is 3.85. The van der Waals surface area contributed by atoms with Crippen LogP contribution in [0.15, 0.2) is 20.0 Å². The number of hydrogen-bond acceptors (Lipinski definition) is 6. The molecule has 2 heterocycles. The van der Waals surface area contributed by atoms with Gasteiger partial charge in [-0.05, 0) is 36.3 Å². The third-order valence-electron chi connectivity index (χ3n) is 2.80. The van der Waals surface area contributed by atoms with Gasteiger partial charge in [-0.1, -0.05) is 6.92 Å². The molecule has 21 heavy (non-hydrogen) atoms. The van der Waals surface area contributed by atoms with Crippen LogP contribution in [0.2, 0.25) is 0 Å². The number of nitrogens with zero attached hydrogens (tertiary/aromatic N) is 1. The Bertz CT molecular complexity index is 718. The molecule has 116 valence electrons. The SMILES string of the molecule is CCNCc1cc(S(=O)(=O)Nc2nc(C)c(C)s2)c(Br)o1. The number of aryl methyl sites for hydroxylation is 2. The maximum Gasteiger partial charge on any atom is 0.268 e. The summed E-state index contributed by atoms with van der Waals surface area (Å²) >= 11 is 4.45. The maximum atomic E-state index is 12.4. The lowest BCUT2D eigenvalue weighted by atomic mass is 10.4. The first-order valence-corrected chi connectivity index (χ1v) is 9.38. The number of sulfonamides is 1. The number of halogens is 1. The fraction of sp³-hybridized carbons (Fsp3) is 0.417. The summed E-state index contributed by atoms with van der Waals surface area (Å²) in [5.41, 5.74) is 0.816.